The number of nitrogens with one attached hydrogen (secondary N) is 1. The van der Waals surface area contributed by atoms with Gasteiger partial charge in [0, 0.05) is 5.56 Å². The van der Waals surface area contributed by atoms with Crippen molar-refractivity contribution in [2.75, 3.05) is 5.32 Å². The topological polar surface area (TPSA) is 52.9 Å². The number of anilines is 1. The molecule has 21 heavy (non-hydrogen) atoms. The summed E-state index contributed by atoms with van der Waals surface area (Å²) in [6, 6.07) is 14.1. The Morgan fingerprint density at radius 1 is 1.19 bits per heavy atom. The second-order valence-electron chi connectivity index (χ2n) is 4.53. The summed E-state index contributed by atoms with van der Waals surface area (Å²) >= 11 is 12.0. The van der Waals surface area contributed by atoms with Gasteiger partial charge in [0.15, 0.2) is 0 Å². The van der Waals surface area contributed by atoms with Crippen molar-refractivity contribution < 1.29 is 4.79 Å². The number of carbonyl (C=O) groups is 1. The Hall–Kier alpha value is -2.02. The van der Waals surface area contributed by atoms with E-state index in [4.69, 9.17) is 28.5 Å². The van der Waals surface area contributed by atoms with E-state index in [1.54, 1.807) is 43.3 Å². The van der Waals surface area contributed by atoms with Crippen LogP contribution in [0.2, 0.25) is 10.0 Å². The molecule has 1 unspecified atom stereocenters. The summed E-state index contributed by atoms with van der Waals surface area (Å²) < 4.78 is 0. The van der Waals surface area contributed by atoms with E-state index in [1.807, 2.05) is 6.07 Å². The van der Waals surface area contributed by atoms with Gasteiger partial charge >= 0.3 is 0 Å². The van der Waals surface area contributed by atoms with Gasteiger partial charge in [-0.05, 0) is 36.8 Å². The molecule has 2 aromatic carbocycles. The smallest absolute Gasteiger partial charge is 0.255 e. The predicted octanol–water partition coefficient (Wildman–Crippen LogP) is 4.87. The summed E-state index contributed by atoms with van der Waals surface area (Å²) in [5.74, 6) is -0.598. The molecule has 106 valence electrons. The van der Waals surface area contributed by atoms with Gasteiger partial charge in [-0.15, -0.1) is 0 Å². The van der Waals surface area contributed by atoms with Crippen LogP contribution in [-0.2, 0) is 0 Å². The zero-order valence-corrected chi connectivity index (χ0v) is 12.7. The molecule has 1 atom stereocenters. The van der Waals surface area contributed by atoms with Crippen LogP contribution in [0, 0.1) is 11.3 Å². The van der Waals surface area contributed by atoms with Gasteiger partial charge in [-0.2, -0.15) is 5.26 Å². The Labute approximate surface area is 133 Å². The number of benzene rings is 2. The van der Waals surface area contributed by atoms with Crippen LogP contribution < -0.4 is 5.32 Å². The third-order valence-corrected chi connectivity index (χ3v) is 3.67. The normalized spacial score (nSPS) is 11.5. The van der Waals surface area contributed by atoms with E-state index in [2.05, 4.69) is 11.4 Å². The maximum absolute atomic E-state index is 12.3. The van der Waals surface area contributed by atoms with E-state index in [1.165, 1.54) is 0 Å². The van der Waals surface area contributed by atoms with Gasteiger partial charge in [-0.1, -0.05) is 41.4 Å². The highest BCUT2D eigenvalue weighted by Crippen LogP contribution is 2.30. The van der Waals surface area contributed by atoms with Gasteiger partial charge < -0.3 is 5.32 Å². The molecule has 2 aromatic rings. The highest BCUT2D eigenvalue weighted by Gasteiger charge is 2.13. The number of hydrogen-bond donors (Lipinski definition) is 1. The lowest BCUT2D eigenvalue weighted by molar-refractivity contribution is 0.102. The molecule has 0 bridgehead atoms. The monoisotopic (exact) mass is 318 g/mol. The highest BCUT2D eigenvalue weighted by atomic mass is 35.5. The lowest BCUT2D eigenvalue weighted by atomic mass is 10.0. The standard InChI is InChI=1S/C16H12Cl2N2O/c1-10(9-19)11-4-2-5-12(8-11)16(21)20-15-13(17)6-3-7-14(15)18/h2-8,10H,1H3,(H,20,21). The van der Waals surface area contributed by atoms with Crippen molar-refractivity contribution >= 4 is 34.8 Å². The molecule has 5 heteroatoms. The fraction of sp³-hybridized carbons (Fsp3) is 0.125. The Balaban J connectivity index is 2.27. The first-order chi connectivity index (χ1) is 10.0. The van der Waals surface area contributed by atoms with Crippen molar-refractivity contribution in [3.8, 4) is 6.07 Å². The number of rotatable bonds is 3. The molecule has 2 rings (SSSR count). The average molecular weight is 319 g/mol. The zero-order valence-electron chi connectivity index (χ0n) is 11.2. The molecule has 0 aromatic heterocycles. The minimum absolute atomic E-state index is 0.276. The first kappa shape index (κ1) is 15.4. The summed E-state index contributed by atoms with van der Waals surface area (Å²) in [4.78, 5) is 12.3. The van der Waals surface area contributed by atoms with Crippen molar-refractivity contribution in [2.24, 2.45) is 0 Å². The molecule has 3 nitrogen and oxygen atoms in total. The Bertz CT molecular complexity index is 702. The molecular weight excluding hydrogens is 307 g/mol. The maximum atomic E-state index is 12.3. The number of para-hydroxylation sites is 1. The van der Waals surface area contributed by atoms with E-state index in [0.717, 1.165) is 5.56 Å². The van der Waals surface area contributed by atoms with E-state index in [0.29, 0.717) is 21.3 Å². The summed E-state index contributed by atoms with van der Waals surface area (Å²) in [6.45, 7) is 1.78. The largest absolute Gasteiger partial charge is 0.319 e. The molecule has 1 amide bonds. The molecule has 0 aliphatic carbocycles. The van der Waals surface area contributed by atoms with Crippen molar-refractivity contribution in [2.45, 2.75) is 12.8 Å². The van der Waals surface area contributed by atoms with Crippen molar-refractivity contribution in [3.05, 3.63) is 63.6 Å². The lowest BCUT2D eigenvalue weighted by Gasteiger charge is -2.10. The van der Waals surface area contributed by atoms with Crippen molar-refractivity contribution in [1.82, 2.24) is 0 Å². The van der Waals surface area contributed by atoms with Gasteiger partial charge in [0.1, 0.15) is 0 Å². The van der Waals surface area contributed by atoms with E-state index in [-0.39, 0.29) is 11.8 Å². The van der Waals surface area contributed by atoms with Crippen LogP contribution in [0.3, 0.4) is 0 Å². The summed E-state index contributed by atoms with van der Waals surface area (Å²) in [5, 5.41) is 12.4. The lowest BCUT2D eigenvalue weighted by Crippen LogP contribution is -2.13. The summed E-state index contributed by atoms with van der Waals surface area (Å²) in [5.41, 5.74) is 1.62. The van der Waals surface area contributed by atoms with Crippen LogP contribution in [0.15, 0.2) is 42.5 Å². The molecule has 0 aliphatic heterocycles. The molecule has 0 fully saturated rings. The zero-order chi connectivity index (χ0) is 15.4. The van der Waals surface area contributed by atoms with E-state index < -0.39 is 0 Å². The first-order valence-electron chi connectivity index (χ1n) is 6.28. The minimum atomic E-state index is -0.322. The van der Waals surface area contributed by atoms with Crippen LogP contribution in [0.5, 0.6) is 0 Å². The van der Waals surface area contributed by atoms with E-state index >= 15 is 0 Å². The fourth-order valence-electron chi connectivity index (χ4n) is 1.83. The molecule has 0 radical (unpaired) electrons. The molecule has 0 spiro atoms. The SMILES string of the molecule is CC(C#N)c1cccc(C(=O)Nc2c(Cl)cccc2Cl)c1. The number of hydrogen-bond acceptors (Lipinski definition) is 2. The predicted molar refractivity (Wildman–Crippen MR) is 84.9 cm³/mol. The number of halogens is 2. The molecule has 0 saturated carbocycles. The van der Waals surface area contributed by atoms with E-state index in [9.17, 15) is 4.79 Å². The first-order valence-corrected chi connectivity index (χ1v) is 7.03. The highest BCUT2D eigenvalue weighted by molar-refractivity contribution is 6.40. The van der Waals surface area contributed by atoms with Crippen LogP contribution in [0.4, 0.5) is 5.69 Å². The Morgan fingerprint density at radius 2 is 1.81 bits per heavy atom. The van der Waals surface area contributed by atoms with Crippen LogP contribution in [0.25, 0.3) is 0 Å². The molecule has 0 heterocycles. The van der Waals surface area contributed by atoms with Gasteiger partial charge in [0.05, 0.1) is 27.7 Å². The molecule has 1 N–H and O–H groups in total. The van der Waals surface area contributed by atoms with Crippen molar-refractivity contribution in [1.29, 1.82) is 5.26 Å². The maximum Gasteiger partial charge on any atom is 0.255 e. The van der Waals surface area contributed by atoms with Crippen LogP contribution in [-0.4, -0.2) is 5.91 Å². The number of nitrogens with zero attached hydrogens (tertiary/aromatic N) is 1. The third kappa shape index (κ3) is 3.55. The van der Waals surface area contributed by atoms with Crippen LogP contribution >= 0.6 is 23.2 Å². The Morgan fingerprint density at radius 3 is 2.43 bits per heavy atom. The summed E-state index contributed by atoms with van der Waals surface area (Å²) in [6.07, 6.45) is 0. The number of nitriles is 1. The molecule has 0 aliphatic rings. The fourth-order valence-corrected chi connectivity index (χ4v) is 2.32. The summed E-state index contributed by atoms with van der Waals surface area (Å²) in [7, 11) is 0. The Kier molecular flexibility index (Phi) is 4.85. The van der Waals surface area contributed by atoms with Gasteiger partial charge in [0.25, 0.3) is 5.91 Å². The number of carbonyl (C=O) groups excluding carboxylic acids is 1. The van der Waals surface area contributed by atoms with Gasteiger partial charge in [0.2, 0.25) is 0 Å². The molecule has 0 saturated heterocycles. The van der Waals surface area contributed by atoms with Crippen LogP contribution in [0.1, 0.15) is 28.8 Å². The quantitative estimate of drug-likeness (QED) is 0.877. The average Bonchev–Trinajstić information content (AvgIpc) is 2.50. The second kappa shape index (κ2) is 6.62. The van der Waals surface area contributed by atoms with Gasteiger partial charge in [-0.3, -0.25) is 4.79 Å². The molecular formula is C16H12Cl2N2O. The number of amides is 1. The van der Waals surface area contributed by atoms with Gasteiger partial charge in [-0.25, -0.2) is 0 Å². The van der Waals surface area contributed by atoms with Crippen molar-refractivity contribution in [3.63, 3.8) is 0 Å². The second-order valence-corrected chi connectivity index (χ2v) is 5.34. The third-order valence-electron chi connectivity index (χ3n) is 3.04. The minimum Gasteiger partial charge on any atom is -0.319 e.